The lowest BCUT2D eigenvalue weighted by Crippen LogP contribution is -2.34. The minimum absolute atomic E-state index is 0. The summed E-state index contributed by atoms with van der Waals surface area (Å²) in [7, 11) is -1.42. The van der Waals surface area contributed by atoms with E-state index < -0.39 is 14.6 Å². The lowest BCUT2D eigenvalue weighted by atomic mass is 10.2. The van der Waals surface area contributed by atoms with E-state index in [0.717, 1.165) is 11.5 Å². The van der Waals surface area contributed by atoms with Crippen molar-refractivity contribution in [1.29, 1.82) is 0 Å². The van der Waals surface area contributed by atoms with Crippen molar-refractivity contribution in [1.82, 2.24) is 0 Å². The van der Waals surface area contributed by atoms with Crippen LogP contribution >= 0.6 is 11.8 Å². The summed E-state index contributed by atoms with van der Waals surface area (Å²) in [6.45, 7) is 0. The van der Waals surface area contributed by atoms with Crippen molar-refractivity contribution in [2.45, 2.75) is 7.43 Å². The average molecular weight is 555 g/mol. The van der Waals surface area contributed by atoms with Crippen LogP contribution in [-0.4, -0.2) is 43.3 Å². The Morgan fingerprint density at radius 1 is 0.525 bits per heavy atom. The third-order valence-corrected chi connectivity index (χ3v) is 5.16. The number of hydrogen-bond acceptors (Lipinski definition) is 9. The second kappa shape index (κ2) is 14.9. The summed E-state index contributed by atoms with van der Waals surface area (Å²) in [5.41, 5.74) is 0. The Kier molecular flexibility index (Phi) is 11.3. The van der Waals surface area contributed by atoms with Gasteiger partial charge in [0, 0.05) is 8.41 Å². The van der Waals surface area contributed by atoms with Gasteiger partial charge in [-0.15, -0.1) is 0 Å². The first-order chi connectivity index (χ1) is 18.7. The van der Waals surface area contributed by atoms with Crippen LogP contribution < -0.4 is 37.2 Å². The fourth-order valence-corrected chi connectivity index (χ4v) is 3.55. The highest BCUT2D eigenvalue weighted by Crippen LogP contribution is 2.37. The van der Waals surface area contributed by atoms with E-state index in [0.29, 0.717) is 42.2 Å². The zero-order valence-electron chi connectivity index (χ0n) is 21.4. The molecule has 40 heavy (non-hydrogen) atoms. The van der Waals surface area contributed by atoms with Gasteiger partial charge in [0.25, 0.3) is 0 Å². The van der Waals surface area contributed by atoms with E-state index in [-0.39, 0.29) is 15.8 Å². The van der Waals surface area contributed by atoms with Crippen LogP contribution in [-0.2, 0) is 0 Å². The minimum Gasteiger partial charge on any atom is -0.526 e. The molecular formula is C27H27B4O8S. The van der Waals surface area contributed by atoms with Gasteiger partial charge in [0.15, 0.2) is 0 Å². The van der Waals surface area contributed by atoms with Crippen molar-refractivity contribution >= 4 is 42.5 Å². The Bertz CT molecular complexity index is 1220. The third kappa shape index (κ3) is 7.51. The van der Waals surface area contributed by atoms with Gasteiger partial charge in [-0.25, -0.2) is 0 Å². The van der Waals surface area contributed by atoms with Crippen LogP contribution in [0.15, 0.2) is 97.1 Å². The first-order valence-electron chi connectivity index (χ1n) is 11.8. The molecule has 13 heteroatoms. The quantitative estimate of drug-likeness (QED) is 0.312. The molecule has 0 unspecified atom stereocenters. The van der Waals surface area contributed by atoms with Crippen molar-refractivity contribution in [2.75, 3.05) is 12.5 Å². The molecule has 0 saturated heterocycles. The number of benzene rings is 4. The van der Waals surface area contributed by atoms with Gasteiger partial charge in [-0.3, -0.25) is 0 Å². The van der Waals surface area contributed by atoms with Gasteiger partial charge >= 0.3 is 22.3 Å². The molecule has 3 radical (unpaired) electrons. The lowest BCUT2D eigenvalue weighted by Gasteiger charge is -2.13. The highest BCUT2D eigenvalue weighted by Gasteiger charge is 2.41. The minimum atomic E-state index is -0.889. The van der Waals surface area contributed by atoms with Crippen molar-refractivity contribution in [2.24, 2.45) is 0 Å². The van der Waals surface area contributed by atoms with Crippen LogP contribution in [0.25, 0.3) is 0 Å². The Hall–Kier alpha value is -4.11. The maximum atomic E-state index is 5.80. The molecule has 201 valence electrons. The molecule has 0 saturated carbocycles. The fraction of sp³-hybridized carbons (Fsp3) is 0.111. The number of rotatable bonds is 4. The lowest BCUT2D eigenvalue weighted by molar-refractivity contribution is 0.322. The zero-order valence-corrected chi connectivity index (χ0v) is 22.2. The zero-order chi connectivity index (χ0) is 26.2. The molecule has 3 heterocycles. The van der Waals surface area contributed by atoms with E-state index in [4.69, 9.17) is 37.2 Å². The molecule has 0 bridgehead atoms. The molecule has 0 atom stereocenters. The van der Waals surface area contributed by atoms with Crippen LogP contribution in [0.1, 0.15) is 7.43 Å². The van der Waals surface area contributed by atoms with E-state index in [9.17, 15) is 0 Å². The molecule has 0 N–H and O–H groups in total. The van der Waals surface area contributed by atoms with Crippen LogP contribution in [0.5, 0.6) is 46.0 Å². The SMILES string of the molecule is B1Oc2ccccc2O1.C.CSC.[B].c1ccc(OB2Oc3ccccc3O2)c(OB2Oc3ccccc3O2)c1. The summed E-state index contributed by atoms with van der Waals surface area (Å²) in [4.78, 5) is 0. The molecule has 3 aliphatic heterocycles. The molecule has 0 amide bonds. The van der Waals surface area contributed by atoms with Crippen molar-refractivity contribution < 1.29 is 37.2 Å². The Balaban J connectivity index is 0.000000265. The fourth-order valence-electron chi connectivity index (χ4n) is 3.55. The summed E-state index contributed by atoms with van der Waals surface area (Å²) >= 11 is 1.75. The molecule has 0 fully saturated rings. The first-order valence-corrected chi connectivity index (χ1v) is 13.4. The standard InChI is InChI=1S/C18H12B2O6.C6H5BO2.C2H6S.CH4.B/c1-2-8-14-13(7-1)21-19(22-14)25-17-11-5-6-12-18(17)26-20-23-15-9-3-4-10-16(15)24-20;1-2-4-6-5(3-1)8-7-9-6;1-3-2;;/h1-12H;1-4,7H;1-2H3;1H4;. The number of fused-ring (bicyclic) bond motifs is 3. The van der Waals surface area contributed by atoms with Crippen molar-refractivity contribution in [3.63, 3.8) is 0 Å². The maximum Gasteiger partial charge on any atom is 0.864 e. The summed E-state index contributed by atoms with van der Waals surface area (Å²) in [6.07, 6.45) is 4.08. The summed E-state index contributed by atoms with van der Waals surface area (Å²) in [5, 5.41) is 0. The van der Waals surface area contributed by atoms with Gasteiger partial charge in [0.05, 0.1) is 0 Å². The molecule has 4 aromatic rings. The van der Waals surface area contributed by atoms with Crippen LogP contribution in [0.2, 0.25) is 0 Å². The summed E-state index contributed by atoms with van der Waals surface area (Å²) < 4.78 is 44.2. The Morgan fingerprint density at radius 2 is 0.800 bits per heavy atom. The average Bonchev–Trinajstić information content (AvgIpc) is 3.68. The molecule has 4 aromatic carbocycles. The molecule has 3 aliphatic rings. The number of para-hydroxylation sites is 8. The summed E-state index contributed by atoms with van der Waals surface area (Å²) in [5.74, 6) is 5.13. The van der Waals surface area contributed by atoms with Gasteiger partial charge < -0.3 is 37.2 Å². The maximum absolute atomic E-state index is 5.80. The van der Waals surface area contributed by atoms with Crippen LogP contribution in [0, 0.1) is 0 Å². The van der Waals surface area contributed by atoms with Gasteiger partial charge in [-0.1, -0.05) is 56.0 Å². The summed E-state index contributed by atoms with van der Waals surface area (Å²) in [6, 6.07) is 29.6. The van der Waals surface area contributed by atoms with Crippen molar-refractivity contribution in [3.05, 3.63) is 97.1 Å². The van der Waals surface area contributed by atoms with E-state index in [1.54, 1.807) is 23.9 Å². The third-order valence-electron chi connectivity index (χ3n) is 5.16. The van der Waals surface area contributed by atoms with Crippen LogP contribution in [0.3, 0.4) is 0 Å². The Morgan fingerprint density at radius 3 is 1.12 bits per heavy atom. The molecule has 0 spiro atoms. The van der Waals surface area contributed by atoms with E-state index >= 15 is 0 Å². The van der Waals surface area contributed by atoms with Crippen LogP contribution in [0.4, 0.5) is 0 Å². The van der Waals surface area contributed by atoms with E-state index in [1.165, 1.54) is 0 Å². The topological polar surface area (TPSA) is 73.8 Å². The van der Waals surface area contributed by atoms with E-state index in [2.05, 4.69) is 0 Å². The van der Waals surface area contributed by atoms with Gasteiger partial charge in [0.1, 0.15) is 46.0 Å². The number of thioether (sulfide) groups is 1. The predicted molar refractivity (Wildman–Crippen MR) is 161 cm³/mol. The monoisotopic (exact) mass is 555 g/mol. The van der Waals surface area contributed by atoms with Crippen molar-refractivity contribution in [3.8, 4) is 46.0 Å². The highest BCUT2D eigenvalue weighted by atomic mass is 32.2. The van der Waals surface area contributed by atoms with Gasteiger partial charge in [-0.2, -0.15) is 11.8 Å². The first kappa shape index (κ1) is 30.4. The van der Waals surface area contributed by atoms with Gasteiger partial charge in [-0.05, 0) is 61.0 Å². The largest absolute Gasteiger partial charge is 0.864 e. The highest BCUT2D eigenvalue weighted by molar-refractivity contribution is 7.97. The molecule has 8 nitrogen and oxygen atoms in total. The Labute approximate surface area is 242 Å². The number of hydrogen-bond donors (Lipinski definition) is 0. The van der Waals surface area contributed by atoms with E-state index in [1.807, 2.05) is 97.4 Å². The van der Waals surface area contributed by atoms with Gasteiger partial charge in [0.2, 0.25) is 0 Å². The predicted octanol–water partition coefficient (Wildman–Crippen LogP) is 5.32. The molecular weight excluding hydrogens is 528 g/mol. The second-order valence-electron chi connectivity index (χ2n) is 7.89. The smallest absolute Gasteiger partial charge is 0.526 e. The normalized spacial score (nSPS) is 12.2. The second-order valence-corrected chi connectivity index (χ2v) is 8.70. The molecule has 0 aromatic heterocycles. The molecule has 0 aliphatic carbocycles. The molecule has 7 rings (SSSR count).